The minimum atomic E-state index is -3.97. The number of hydrogen-bond acceptors (Lipinski definition) is 6. The number of nitrogens with one attached hydrogen (secondary N) is 1. The average Bonchev–Trinajstić information content (AvgIpc) is 3.10. The number of ether oxygens (including phenoxy) is 1. The number of benzene rings is 1. The summed E-state index contributed by atoms with van der Waals surface area (Å²) < 4.78 is 61.1. The monoisotopic (exact) mass is 454 g/mol. The first-order valence-corrected chi connectivity index (χ1v) is 11.5. The zero-order valence-corrected chi connectivity index (χ0v) is 18.3. The Balaban J connectivity index is 2.14. The summed E-state index contributed by atoms with van der Waals surface area (Å²) in [6.45, 7) is 4.31. The second-order valence-electron chi connectivity index (χ2n) is 7.44. The van der Waals surface area contributed by atoms with Gasteiger partial charge in [-0.25, -0.2) is 21.9 Å². The second kappa shape index (κ2) is 8.75. The van der Waals surface area contributed by atoms with Crippen LogP contribution in [0.2, 0.25) is 0 Å². The highest BCUT2D eigenvalue weighted by Crippen LogP contribution is 2.33. The van der Waals surface area contributed by atoms with E-state index in [9.17, 15) is 22.0 Å². The zero-order chi connectivity index (χ0) is 22.9. The molecule has 8 nitrogen and oxygen atoms in total. The third kappa shape index (κ3) is 4.62. The molecular weight excluding hydrogens is 430 g/mol. The summed E-state index contributed by atoms with van der Waals surface area (Å²) in [6, 6.07) is 1.78. The first-order valence-electron chi connectivity index (χ1n) is 9.59. The van der Waals surface area contributed by atoms with Crippen molar-refractivity contribution in [2.24, 2.45) is 0 Å². The van der Waals surface area contributed by atoms with Gasteiger partial charge in [-0.05, 0) is 31.4 Å². The van der Waals surface area contributed by atoms with Crippen molar-refractivity contribution >= 4 is 33.4 Å². The fraction of sp³-hybridized carbons (Fsp3) is 0.400. The molecule has 0 radical (unpaired) electrons. The van der Waals surface area contributed by atoms with Gasteiger partial charge in [0.25, 0.3) is 0 Å². The molecule has 1 aliphatic rings. The fourth-order valence-corrected chi connectivity index (χ4v) is 4.05. The third-order valence-corrected chi connectivity index (χ3v) is 5.39. The third-order valence-electron chi connectivity index (χ3n) is 4.82. The quantitative estimate of drug-likeness (QED) is 0.646. The highest BCUT2D eigenvalue weighted by Gasteiger charge is 2.30. The van der Waals surface area contributed by atoms with E-state index in [1.54, 1.807) is 28.4 Å². The van der Waals surface area contributed by atoms with Gasteiger partial charge in [-0.15, -0.1) is 0 Å². The number of nitrogens with zero attached hydrogens (tertiary/aromatic N) is 3. The molecule has 1 aromatic carbocycles. The van der Waals surface area contributed by atoms with E-state index in [4.69, 9.17) is 4.74 Å². The number of carbonyl (C=O) groups excluding carboxylic acids is 1. The first kappa shape index (κ1) is 22.9. The van der Waals surface area contributed by atoms with E-state index in [1.165, 1.54) is 6.08 Å². The van der Waals surface area contributed by atoms with Gasteiger partial charge in [-0.3, -0.25) is 9.52 Å². The Kier molecular flexibility index (Phi) is 6.46. The lowest BCUT2D eigenvalue weighted by Crippen LogP contribution is -2.24. The second-order valence-corrected chi connectivity index (χ2v) is 9.19. The molecular formula is C20H24F2N4O4S. The van der Waals surface area contributed by atoms with E-state index in [-0.39, 0.29) is 5.69 Å². The van der Waals surface area contributed by atoms with Gasteiger partial charge in [0.15, 0.2) is 12.0 Å². The van der Waals surface area contributed by atoms with Crippen LogP contribution in [0.15, 0.2) is 18.7 Å². The van der Waals surface area contributed by atoms with Crippen molar-refractivity contribution in [1.82, 2.24) is 9.78 Å². The van der Waals surface area contributed by atoms with Crippen molar-refractivity contribution in [2.45, 2.75) is 25.5 Å². The minimum Gasteiger partial charge on any atom is -0.362 e. The zero-order valence-electron chi connectivity index (χ0n) is 17.5. The van der Waals surface area contributed by atoms with Crippen LogP contribution in [-0.4, -0.2) is 50.9 Å². The van der Waals surface area contributed by atoms with Gasteiger partial charge < -0.3 is 9.64 Å². The maximum Gasteiger partial charge on any atom is 0.230 e. The van der Waals surface area contributed by atoms with E-state index in [2.05, 4.69) is 11.7 Å². The molecule has 1 N–H and O–H groups in total. The number of sulfonamides is 1. The maximum atomic E-state index is 15.0. The van der Waals surface area contributed by atoms with Crippen LogP contribution in [0.4, 0.5) is 20.3 Å². The smallest absolute Gasteiger partial charge is 0.230 e. The molecule has 0 saturated carbocycles. The summed E-state index contributed by atoms with van der Waals surface area (Å²) in [6.07, 6.45) is 4.34. The topological polar surface area (TPSA) is 93.5 Å². The van der Waals surface area contributed by atoms with E-state index >= 15 is 0 Å². The van der Waals surface area contributed by atoms with Gasteiger partial charge in [0.1, 0.15) is 23.0 Å². The minimum absolute atomic E-state index is 0.0938. The lowest BCUT2D eigenvalue weighted by molar-refractivity contribution is -0.0385. The molecule has 168 valence electrons. The van der Waals surface area contributed by atoms with Crippen LogP contribution >= 0.6 is 0 Å². The lowest BCUT2D eigenvalue weighted by atomic mass is 10.0. The van der Waals surface area contributed by atoms with Crippen LogP contribution in [0.1, 0.15) is 47.1 Å². The maximum absolute atomic E-state index is 15.0. The Morgan fingerprint density at radius 1 is 1.35 bits per heavy atom. The largest absolute Gasteiger partial charge is 0.362 e. The molecule has 1 aromatic heterocycles. The van der Waals surface area contributed by atoms with Crippen molar-refractivity contribution in [2.75, 3.05) is 36.6 Å². The van der Waals surface area contributed by atoms with Gasteiger partial charge in [-0.1, -0.05) is 12.7 Å². The summed E-state index contributed by atoms with van der Waals surface area (Å²) in [5.74, 6) is -2.73. The van der Waals surface area contributed by atoms with Crippen LogP contribution in [-0.2, 0) is 14.8 Å². The molecule has 31 heavy (non-hydrogen) atoms. The number of anilines is 2. The molecule has 1 unspecified atom stereocenters. The standard InChI is InChI=1S/C20H24F2N4O4S/c1-5-12-17(23-26(20(12)25(2)3)15-8-6-7-11-30-15)19(27)13-9-10-14(21)18(16(13)22)24-31(4,28)29/h5,9-10,15,24H,1,6-8,11H2,2-4H3. The number of hydrogen-bond donors (Lipinski definition) is 1. The molecule has 1 atom stereocenters. The van der Waals surface area contributed by atoms with E-state index < -0.39 is 44.9 Å². The van der Waals surface area contributed by atoms with Crippen molar-refractivity contribution in [3.05, 3.63) is 47.2 Å². The van der Waals surface area contributed by atoms with E-state index in [0.717, 1.165) is 31.2 Å². The Bertz CT molecular complexity index is 1120. The molecule has 0 aliphatic carbocycles. The van der Waals surface area contributed by atoms with Crippen LogP contribution in [0, 0.1) is 11.6 Å². The van der Waals surface area contributed by atoms with Crippen molar-refractivity contribution in [1.29, 1.82) is 0 Å². The predicted octanol–water partition coefficient (Wildman–Crippen LogP) is 3.17. The van der Waals surface area contributed by atoms with E-state index in [1.807, 2.05) is 0 Å². The Hall–Kier alpha value is -2.79. The van der Waals surface area contributed by atoms with Crippen molar-refractivity contribution in [3.8, 4) is 0 Å². The molecule has 11 heteroatoms. The molecule has 3 rings (SSSR count). The van der Waals surface area contributed by atoms with Crippen LogP contribution in [0.5, 0.6) is 0 Å². The molecule has 1 saturated heterocycles. The summed E-state index contributed by atoms with van der Waals surface area (Å²) in [5.41, 5.74) is -1.17. The van der Waals surface area contributed by atoms with Gasteiger partial charge >= 0.3 is 0 Å². The number of aromatic nitrogens is 2. The average molecular weight is 454 g/mol. The summed E-state index contributed by atoms with van der Waals surface area (Å²) in [7, 11) is -0.435. The Labute approximate surface area is 179 Å². The molecule has 1 fully saturated rings. The number of halogens is 2. The SMILES string of the molecule is C=Cc1c(C(=O)c2ccc(F)c(NS(C)(=O)=O)c2F)nn(C2CCCCO2)c1N(C)C. The highest BCUT2D eigenvalue weighted by molar-refractivity contribution is 7.92. The number of rotatable bonds is 7. The molecule has 2 heterocycles. The Morgan fingerprint density at radius 3 is 2.61 bits per heavy atom. The van der Waals surface area contributed by atoms with Gasteiger partial charge in [0.05, 0.1) is 11.8 Å². The van der Waals surface area contributed by atoms with Crippen LogP contribution in [0.3, 0.4) is 0 Å². The van der Waals surface area contributed by atoms with Crippen molar-refractivity contribution in [3.63, 3.8) is 0 Å². The van der Waals surface area contributed by atoms with Crippen LogP contribution in [0.25, 0.3) is 6.08 Å². The molecule has 0 amide bonds. The van der Waals surface area contributed by atoms with E-state index in [0.29, 0.717) is 24.4 Å². The van der Waals surface area contributed by atoms with Gasteiger partial charge in [-0.2, -0.15) is 5.10 Å². The van der Waals surface area contributed by atoms with Crippen LogP contribution < -0.4 is 9.62 Å². The molecule has 0 bridgehead atoms. The first-order chi connectivity index (χ1) is 14.5. The van der Waals surface area contributed by atoms with Crippen molar-refractivity contribution < 1.29 is 26.7 Å². The normalized spacial score (nSPS) is 16.7. The summed E-state index contributed by atoms with van der Waals surface area (Å²) in [4.78, 5) is 15.0. The lowest BCUT2D eigenvalue weighted by Gasteiger charge is -2.26. The number of ketones is 1. The predicted molar refractivity (Wildman–Crippen MR) is 114 cm³/mol. The summed E-state index contributed by atoms with van der Waals surface area (Å²) in [5, 5.41) is 4.40. The molecule has 1 aliphatic heterocycles. The molecule has 0 spiro atoms. The Morgan fingerprint density at radius 2 is 2.06 bits per heavy atom. The fourth-order valence-electron chi connectivity index (χ4n) is 3.49. The number of carbonyl (C=O) groups is 1. The highest BCUT2D eigenvalue weighted by atomic mass is 32.2. The van der Waals surface area contributed by atoms with Gasteiger partial charge in [0.2, 0.25) is 15.8 Å². The van der Waals surface area contributed by atoms with Gasteiger partial charge in [0, 0.05) is 26.3 Å². The summed E-state index contributed by atoms with van der Waals surface area (Å²) >= 11 is 0. The molecule has 2 aromatic rings.